The molecule has 1 heteroatoms. The fraction of sp³-hybridized carbons (Fsp3) is 0.536. The Hall–Kier alpha value is -2.07. The van der Waals surface area contributed by atoms with Crippen molar-refractivity contribution < 1.29 is 0 Å². The molecule has 0 aromatic heterocycles. The van der Waals surface area contributed by atoms with Gasteiger partial charge in [0.25, 0.3) is 0 Å². The summed E-state index contributed by atoms with van der Waals surface area (Å²) in [7, 11) is 0. The predicted octanol–water partition coefficient (Wildman–Crippen LogP) is 8.44. The molecule has 2 aromatic carbocycles. The molecular formula is C28H37N. The van der Waals surface area contributed by atoms with Crippen molar-refractivity contribution in [3.05, 3.63) is 59.7 Å². The first kappa shape index (κ1) is 21.6. The van der Waals surface area contributed by atoms with Crippen LogP contribution in [0.4, 0.5) is 0 Å². The van der Waals surface area contributed by atoms with E-state index in [9.17, 15) is 0 Å². The zero-order valence-electron chi connectivity index (χ0n) is 18.2. The number of hydrogen-bond acceptors (Lipinski definition) is 1. The van der Waals surface area contributed by atoms with E-state index < -0.39 is 0 Å². The number of hydrogen-bond donors (Lipinski definition) is 0. The molecule has 1 nitrogen and oxygen atoms in total. The Morgan fingerprint density at radius 1 is 0.759 bits per heavy atom. The molecule has 0 N–H and O–H groups in total. The molecule has 0 heterocycles. The second-order valence-corrected chi connectivity index (χ2v) is 8.93. The minimum Gasteiger partial charge on any atom is -0.198 e. The molecule has 1 saturated carbocycles. The Balaban J connectivity index is 1.43. The first-order chi connectivity index (χ1) is 14.3. The Bertz CT molecular complexity index is 742. The Kier molecular flexibility index (Phi) is 8.82. The van der Waals surface area contributed by atoms with Crippen molar-refractivity contribution in [2.75, 3.05) is 0 Å². The molecule has 0 unspecified atom stereocenters. The molecule has 0 amide bonds. The topological polar surface area (TPSA) is 23.8 Å². The van der Waals surface area contributed by atoms with Crippen molar-refractivity contribution in [1.29, 1.82) is 5.26 Å². The Morgan fingerprint density at radius 2 is 1.34 bits per heavy atom. The molecule has 1 aliphatic carbocycles. The highest BCUT2D eigenvalue weighted by molar-refractivity contribution is 5.64. The lowest BCUT2D eigenvalue weighted by molar-refractivity contribution is 0.302. The lowest BCUT2D eigenvalue weighted by Crippen LogP contribution is -2.13. The van der Waals surface area contributed by atoms with E-state index in [1.54, 1.807) is 0 Å². The minimum absolute atomic E-state index is 0.487. The maximum Gasteiger partial charge on any atom is 0.0669 e. The highest BCUT2D eigenvalue weighted by Gasteiger charge is 2.22. The van der Waals surface area contributed by atoms with E-state index in [0.29, 0.717) is 6.42 Å². The number of nitriles is 1. The van der Waals surface area contributed by atoms with Gasteiger partial charge in [0.15, 0.2) is 0 Å². The van der Waals surface area contributed by atoms with Gasteiger partial charge in [-0.3, -0.25) is 0 Å². The van der Waals surface area contributed by atoms with Gasteiger partial charge in [-0.1, -0.05) is 100 Å². The van der Waals surface area contributed by atoms with Gasteiger partial charge >= 0.3 is 0 Å². The van der Waals surface area contributed by atoms with Crippen molar-refractivity contribution >= 4 is 0 Å². The zero-order valence-corrected chi connectivity index (χ0v) is 18.2. The van der Waals surface area contributed by atoms with E-state index in [2.05, 4.69) is 61.5 Å². The summed E-state index contributed by atoms with van der Waals surface area (Å²) in [5.41, 5.74) is 5.12. The van der Waals surface area contributed by atoms with E-state index in [4.69, 9.17) is 5.26 Å². The molecule has 2 aromatic rings. The Morgan fingerprint density at radius 3 is 1.97 bits per heavy atom. The number of unbranched alkanes of at least 4 members (excludes halogenated alkanes) is 5. The third-order valence-corrected chi connectivity index (χ3v) is 6.77. The van der Waals surface area contributed by atoms with E-state index >= 15 is 0 Å². The van der Waals surface area contributed by atoms with Crippen LogP contribution in [0, 0.1) is 17.2 Å². The SMILES string of the molecule is CCCCCCCC[C@H]1CC[C@H](c2ccc(-c3ccc(CC#N)cc3)cc2)CC1. The minimum atomic E-state index is 0.487. The average molecular weight is 388 g/mol. The summed E-state index contributed by atoms with van der Waals surface area (Å²) in [6.45, 7) is 2.29. The highest BCUT2D eigenvalue weighted by Crippen LogP contribution is 2.38. The summed E-state index contributed by atoms with van der Waals surface area (Å²) in [5, 5.41) is 8.81. The number of benzene rings is 2. The molecule has 0 saturated heterocycles. The van der Waals surface area contributed by atoms with Crippen LogP contribution in [-0.2, 0) is 6.42 Å². The largest absolute Gasteiger partial charge is 0.198 e. The summed E-state index contributed by atoms with van der Waals surface area (Å²) in [6, 6.07) is 19.9. The summed E-state index contributed by atoms with van der Waals surface area (Å²) >= 11 is 0. The van der Waals surface area contributed by atoms with Crippen molar-refractivity contribution in [3.63, 3.8) is 0 Å². The predicted molar refractivity (Wildman–Crippen MR) is 124 cm³/mol. The monoisotopic (exact) mass is 387 g/mol. The van der Waals surface area contributed by atoms with Gasteiger partial charge in [-0.05, 0) is 59.8 Å². The lowest BCUT2D eigenvalue weighted by atomic mass is 9.77. The normalized spacial score (nSPS) is 19.0. The van der Waals surface area contributed by atoms with E-state index in [0.717, 1.165) is 17.4 Å². The van der Waals surface area contributed by atoms with Crippen LogP contribution in [0.1, 0.15) is 94.6 Å². The second kappa shape index (κ2) is 11.8. The van der Waals surface area contributed by atoms with Gasteiger partial charge in [-0.15, -0.1) is 0 Å². The molecular weight excluding hydrogens is 350 g/mol. The highest BCUT2D eigenvalue weighted by atomic mass is 14.3. The quantitative estimate of drug-likeness (QED) is 0.375. The van der Waals surface area contributed by atoms with Crippen LogP contribution in [0.25, 0.3) is 11.1 Å². The zero-order chi connectivity index (χ0) is 20.3. The molecule has 0 spiro atoms. The molecule has 0 radical (unpaired) electrons. The molecule has 154 valence electrons. The summed E-state index contributed by atoms with van der Waals surface area (Å²) in [5.74, 6) is 1.73. The van der Waals surface area contributed by atoms with Crippen LogP contribution < -0.4 is 0 Å². The van der Waals surface area contributed by atoms with Gasteiger partial charge < -0.3 is 0 Å². The standard InChI is InChI=1S/C28H37N/c1-2-3-4-5-6-7-8-23-9-13-25(14-10-23)27-17-19-28(20-18-27)26-15-11-24(12-16-26)21-22-29/h11-12,15-20,23,25H,2-10,13-14,21H2,1H3/t23-,25-. The molecule has 1 aliphatic rings. The third kappa shape index (κ3) is 6.74. The summed E-state index contributed by atoms with van der Waals surface area (Å²) < 4.78 is 0. The van der Waals surface area contributed by atoms with Gasteiger partial charge in [-0.2, -0.15) is 5.26 Å². The number of rotatable bonds is 10. The molecule has 1 fully saturated rings. The van der Waals surface area contributed by atoms with Crippen LogP contribution in [0.2, 0.25) is 0 Å². The van der Waals surface area contributed by atoms with Crippen LogP contribution >= 0.6 is 0 Å². The van der Waals surface area contributed by atoms with Crippen LogP contribution in [0.5, 0.6) is 0 Å². The first-order valence-corrected chi connectivity index (χ1v) is 11.9. The van der Waals surface area contributed by atoms with Crippen LogP contribution in [0.3, 0.4) is 0 Å². The van der Waals surface area contributed by atoms with Crippen molar-refractivity contribution in [1.82, 2.24) is 0 Å². The summed E-state index contributed by atoms with van der Waals surface area (Å²) in [4.78, 5) is 0. The molecule has 0 bridgehead atoms. The van der Waals surface area contributed by atoms with E-state index in [1.807, 2.05) is 0 Å². The molecule has 0 aliphatic heterocycles. The van der Waals surface area contributed by atoms with E-state index in [1.165, 1.54) is 87.3 Å². The second-order valence-electron chi connectivity index (χ2n) is 8.93. The van der Waals surface area contributed by atoms with Crippen molar-refractivity contribution in [3.8, 4) is 17.2 Å². The van der Waals surface area contributed by atoms with Gasteiger partial charge in [0.1, 0.15) is 0 Å². The van der Waals surface area contributed by atoms with Crippen molar-refractivity contribution in [2.45, 2.75) is 89.9 Å². The first-order valence-electron chi connectivity index (χ1n) is 11.9. The van der Waals surface area contributed by atoms with Crippen molar-refractivity contribution in [2.24, 2.45) is 5.92 Å². The number of nitrogens with zero attached hydrogens (tertiary/aromatic N) is 1. The van der Waals surface area contributed by atoms with E-state index in [-0.39, 0.29) is 0 Å². The third-order valence-electron chi connectivity index (χ3n) is 6.77. The smallest absolute Gasteiger partial charge is 0.0669 e. The maximum atomic E-state index is 8.81. The average Bonchev–Trinajstić information content (AvgIpc) is 2.78. The Labute approximate surface area is 178 Å². The lowest BCUT2D eigenvalue weighted by Gasteiger charge is -2.29. The van der Waals surface area contributed by atoms with Gasteiger partial charge in [-0.25, -0.2) is 0 Å². The summed E-state index contributed by atoms with van der Waals surface area (Å²) in [6.07, 6.45) is 16.0. The maximum absolute atomic E-state index is 8.81. The molecule has 3 rings (SSSR count). The fourth-order valence-corrected chi connectivity index (χ4v) is 4.85. The van der Waals surface area contributed by atoms with Crippen LogP contribution in [0.15, 0.2) is 48.5 Å². The van der Waals surface area contributed by atoms with Gasteiger partial charge in [0.05, 0.1) is 12.5 Å². The molecule has 29 heavy (non-hydrogen) atoms. The van der Waals surface area contributed by atoms with Gasteiger partial charge in [0.2, 0.25) is 0 Å². The van der Waals surface area contributed by atoms with Gasteiger partial charge in [0, 0.05) is 0 Å². The molecule has 0 atom stereocenters. The fourth-order valence-electron chi connectivity index (χ4n) is 4.85. The van der Waals surface area contributed by atoms with Crippen LogP contribution in [-0.4, -0.2) is 0 Å².